The Kier molecular flexibility index (Phi) is 5.43. The molecule has 1 amide bonds. The minimum absolute atomic E-state index is 0.142. The summed E-state index contributed by atoms with van der Waals surface area (Å²) in [6, 6.07) is 7.16. The molecule has 1 fully saturated rings. The third kappa shape index (κ3) is 4.08. The van der Waals surface area contributed by atoms with Crippen LogP contribution in [0.15, 0.2) is 30.3 Å². The SMILES string of the molecule is Cc1cc(OCC(=O)NCC2(c3ccc(F)cc3F)CC2C)cc(C)c1Cl. The first kappa shape index (κ1) is 19.6. The quantitative estimate of drug-likeness (QED) is 0.772. The molecule has 6 heteroatoms. The van der Waals surface area contributed by atoms with Gasteiger partial charge in [0.2, 0.25) is 0 Å². The molecule has 0 bridgehead atoms. The maximum Gasteiger partial charge on any atom is 0.257 e. The van der Waals surface area contributed by atoms with Gasteiger partial charge in [0.15, 0.2) is 6.61 Å². The maximum absolute atomic E-state index is 14.2. The Balaban J connectivity index is 1.60. The summed E-state index contributed by atoms with van der Waals surface area (Å²) >= 11 is 6.12. The van der Waals surface area contributed by atoms with Crippen molar-refractivity contribution in [3.63, 3.8) is 0 Å². The van der Waals surface area contributed by atoms with E-state index in [4.69, 9.17) is 16.3 Å². The van der Waals surface area contributed by atoms with Crippen molar-refractivity contribution in [3.05, 3.63) is 63.7 Å². The van der Waals surface area contributed by atoms with Gasteiger partial charge < -0.3 is 10.1 Å². The molecule has 0 aliphatic heterocycles. The van der Waals surface area contributed by atoms with E-state index in [0.29, 0.717) is 16.3 Å². The summed E-state index contributed by atoms with van der Waals surface area (Å²) in [6.45, 7) is 5.88. The van der Waals surface area contributed by atoms with E-state index >= 15 is 0 Å². The van der Waals surface area contributed by atoms with Gasteiger partial charge in [0.25, 0.3) is 5.91 Å². The number of amides is 1. The first-order valence-corrected chi connectivity index (χ1v) is 9.22. The number of aryl methyl sites for hydroxylation is 2. The zero-order valence-electron chi connectivity index (χ0n) is 15.5. The maximum atomic E-state index is 14.2. The van der Waals surface area contributed by atoms with Gasteiger partial charge in [0.05, 0.1) is 0 Å². The fourth-order valence-electron chi connectivity index (χ4n) is 3.54. The minimum atomic E-state index is -0.606. The van der Waals surface area contributed by atoms with Crippen LogP contribution in [0.5, 0.6) is 5.75 Å². The molecule has 0 aromatic heterocycles. The minimum Gasteiger partial charge on any atom is -0.484 e. The first-order chi connectivity index (χ1) is 12.7. The molecule has 144 valence electrons. The average molecular weight is 394 g/mol. The van der Waals surface area contributed by atoms with Crippen molar-refractivity contribution >= 4 is 17.5 Å². The van der Waals surface area contributed by atoms with Crippen molar-refractivity contribution < 1.29 is 18.3 Å². The summed E-state index contributed by atoms with van der Waals surface area (Å²) in [5, 5.41) is 3.50. The number of carbonyl (C=O) groups is 1. The average Bonchev–Trinajstić information content (AvgIpc) is 3.26. The Morgan fingerprint density at radius 1 is 1.26 bits per heavy atom. The van der Waals surface area contributed by atoms with Gasteiger partial charge in [0.1, 0.15) is 17.4 Å². The molecule has 3 rings (SSSR count). The van der Waals surface area contributed by atoms with Gasteiger partial charge >= 0.3 is 0 Å². The largest absolute Gasteiger partial charge is 0.484 e. The molecule has 0 heterocycles. The van der Waals surface area contributed by atoms with Crippen LogP contribution in [0.1, 0.15) is 30.0 Å². The van der Waals surface area contributed by atoms with Gasteiger partial charge in [0, 0.05) is 23.0 Å². The Labute approximate surface area is 162 Å². The number of nitrogens with one attached hydrogen (secondary N) is 1. The fraction of sp³-hybridized carbons (Fsp3) is 0.381. The summed E-state index contributed by atoms with van der Waals surface area (Å²) < 4.78 is 32.9. The van der Waals surface area contributed by atoms with Crippen LogP contribution in [-0.4, -0.2) is 19.1 Å². The number of carbonyl (C=O) groups excluding carboxylic acids is 1. The highest BCUT2D eigenvalue weighted by Gasteiger charge is 2.53. The van der Waals surface area contributed by atoms with E-state index in [1.807, 2.05) is 20.8 Å². The first-order valence-electron chi connectivity index (χ1n) is 8.85. The molecule has 2 atom stereocenters. The summed E-state index contributed by atoms with van der Waals surface area (Å²) in [6.07, 6.45) is 0.742. The van der Waals surface area contributed by atoms with E-state index in [9.17, 15) is 13.6 Å². The van der Waals surface area contributed by atoms with Crippen LogP contribution in [0.2, 0.25) is 5.02 Å². The second-order valence-electron chi connectivity index (χ2n) is 7.32. The lowest BCUT2D eigenvalue weighted by Gasteiger charge is -2.19. The predicted octanol–water partition coefficient (Wildman–Crippen LogP) is 4.71. The van der Waals surface area contributed by atoms with E-state index in [1.165, 1.54) is 12.1 Å². The Bertz CT molecular complexity index is 863. The standard InChI is InChI=1S/C21H22ClF2NO2/c1-12-6-16(7-13(2)20(12)22)27-10-19(26)25-11-21(9-14(21)3)17-5-4-15(23)8-18(17)24/h4-8,14H,9-11H2,1-3H3,(H,25,26). The molecule has 2 aromatic rings. The lowest BCUT2D eigenvalue weighted by molar-refractivity contribution is -0.123. The lowest BCUT2D eigenvalue weighted by atomic mass is 9.92. The van der Waals surface area contributed by atoms with Crippen LogP contribution in [0.4, 0.5) is 8.78 Å². The highest BCUT2D eigenvalue weighted by atomic mass is 35.5. The highest BCUT2D eigenvalue weighted by molar-refractivity contribution is 6.32. The van der Waals surface area contributed by atoms with Gasteiger partial charge in [-0.2, -0.15) is 0 Å². The molecule has 2 unspecified atom stereocenters. The summed E-state index contributed by atoms with van der Waals surface area (Å²) in [7, 11) is 0. The fourth-order valence-corrected chi connectivity index (χ4v) is 3.65. The zero-order chi connectivity index (χ0) is 19.8. The molecular formula is C21H22ClF2NO2. The molecule has 27 heavy (non-hydrogen) atoms. The van der Waals surface area contributed by atoms with Crippen molar-refractivity contribution in [2.24, 2.45) is 5.92 Å². The van der Waals surface area contributed by atoms with Crippen LogP contribution >= 0.6 is 11.6 Å². The van der Waals surface area contributed by atoms with Crippen LogP contribution in [0, 0.1) is 31.4 Å². The number of hydrogen-bond donors (Lipinski definition) is 1. The molecule has 1 N–H and O–H groups in total. The number of rotatable bonds is 6. The van der Waals surface area contributed by atoms with E-state index < -0.39 is 17.0 Å². The van der Waals surface area contributed by atoms with E-state index in [0.717, 1.165) is 23.6 Å². The summed E-state index contributed by atoms with van der Waals surface area (Å²) in [4.78, 5) is 12.2. The molecule has 2 aromatic carbocycles. The third-order valence-corrected chi connectivity index (χ3v) is 5.90. The van der Waals surface area contributed by atoms with Crippen molar-refractivity contribution in [1.29, 1.82) is 0 Å². The Morgan fingerprint density at radius 3 is 2.44 bits per heavy atom. The highest BCUT2D eigenvalue weighted by Crippen LogP contribution is 2.54. The van der Waals surface area contributed by atoms with Gasteiger partial charge in [-0.1, -0.05) is 24.6 Å². The molecule has 0 spiro atoms. The van der Waals surface area contributed by atoms with Crippen molar-refractivity contribution in [2.45, 2.75) is 32.6 Å². The molecule has 3 nitrogen and oxygen atoms in total. The molecule has 1 aliphatic rings. The van der Waals surface area contributed by atoms with Gasteiger partial charge in [-0.15, -0.1) is 0 Å². The van der Waals surface area contributed by atoms with Crippen LogP contribution in [0.3, 0.4) is 0 Å². The molecule has 1 aliphatic carbocycles. The monoisotopic (exact) mass is 393 g/mol. The van der Waals surface area contributed by atoms with Gasteiger partial charge in [-0.25, -0.2) is 8.78 Å². The topological polar surface area (TPSA) is 38.3 Å². The molecule has 0 radical (unpaired) electrons. The van der Waals surface area contributed by atoms with Crippen molar-refractivity contribution in [1.82, 2.24) is 5.32 Å². The molecule has 0 saturated heterocycles. The van der Waals surface area contributed by atoms with Gasteiger partial charge in [-0.05, 0) is 61.1 Å². The molecular weight excluding hydrogens is 372 g/mol. The van der Waals surface area contributed by atoms with E-state index in [2.05, 4.69) is 5.32 Å². The predicted molar refractivity (Wildman–Crippen MR) is 101 cm³/mol. The lowest BCUT2D eigenvalue weighted by Crippen LogP contribution is -2.36. The van der Waals surface area contributed by atoms with Gasteiger partial charge in [-0.3, -0.25) is 4.79 Å². The van der Waals surface area contributed by atoms with Crippen LogP contribution in [-0.2, 0) is 10.2 Å². The van der Waals surface area contributed by atoms with Crippen molar-refractivity contribution in [2.75, 3.05) is 13.2 Å². The van der Waals surface area contributed by atoms with E-state index in [-0.39, 0.29) is 25.0 Å². The zero-order valence-corrected chi connectivity index (χ0v) is 16.3. The number of hydrogen-bond acceptors (Lipinski definition) is 2. The summed E-state index contributed by atoms with van der Waals surface area (Å²) in [5.74, 6) is -0.687. The molecule has 1 saturated carbocycles. The third-order valence-electron chi connectivity index (χ3n) is 5.30. The Hall–Kier alpha value is -2.14. The second-order valence-corrected chi connectivity index (χ2v) is 7.70. The normalized spacial score (nSPS) is 21.0. The number of benzene rings is 2. The van der Waals surface area contributed by atoms with Crippen LogP contribution < -0.4 is 10.1 Å². The van der Waals surface area contributed by atoms with E-state index in [1.54, 1.807) is 12.1 Å². The van der Waals surface area contributed by atoms with Crippen LogP contribution in [0.25, 0.3) is 0 Å². The number of halogens is 3. The van der Waals surface area contributed by atoms with Crippen molar-refractivity contribution in [3.8, 4) is 5.75 Å². The summed E-state index contributed by atoms with van der Waals surface area (Å²) in [5.41, 5.74) is 1.72. The Morgan fingerprint density at radius 2 is 1.89 bits per heavy atom. The number of ether oxygens (including phenoxy) is 1. The smallest absolute Gasteiger partial charge is 0.257 e. The second kappa shape index (κ2) is 7.47.